The van der Waals surface area contributed by atoms with Crippen LogP contribution in [0.1, 0.15) is 76.2 Å². The highest BCUT2D eigenvalue weighted by Gasteiger charge is 2.64. The summed E-state index contributed by atoms with van der Waals surface area (Å²) in [6.45, 7) is 1.56. The normalized spacial score (nSPS) is 41.3. The summed E-state index contributed by atoms with van der Waals surface area (Å²) in [6, 6.07) is 9.69. The van der Waals surface area contributed by atoms with Crippen LogP contribution in [0.5, 0.6) is 0 Å². The highest BCUT2D eigenvalue weighted by atomic mass is 16.5. The summed E-state index contributed by atoms with van der Waals surface area (Å²) in [6.07, 6.45) is 10.1. The van der Waals surface area contributed by atoms with E-state index in [0.717, 1.165) is 88.7 Å². The Kier molecular flexibility index (Phi) is 4.85. The molecule has 1 saturated heterocycles. The van der Waals surface area contributed by atoms with E-state index in [2.05, 4.69) is 10.6 Å². The van der Waals surface area contributed by atoms with Gasteiger partial charge in [-0.1, -0.05) is 30.3 Å². The first-order valence-corrected chi connectivity index (χ1v) is 13.9. The molecule has 8 fully saturated rings. The summed E-state index contributed by atoms with van der Waals surface area (Å²) in [5.41, 5.74) is 0.193. The number of nitrogens with zero attached hydrogens (tertiary/aromatic N) is 1. The number of alkyl carbamates (subject to hydrolysis) is 1. The number of fused-ring (bicyclic) bond motifs is 4. The first-order chi connectivity index (χ1) is 17.3. The van der Waals surface area contributed by atoms with E-state index in [9.17, 15) is 14.4 Å². The van der Waals surface area contributed by atoms with Crippen molar-refractivity contribution in [2.45, 2.75) is 88.3 Å². The van der Waals surface area contributed by atoms with Crippen LogP contribution in [0.4, 0.5) is 4.79 Å². The number of carbonyl (C=O) groups is 3. The van der Waals surface area contributed by atoms with Gasteiger partial charge in [-0.25, -0.2) is 4.79 Å². The molecule has 1 heterocycles. The smallest absolute Gasteiger partial charge is 0.407 e. The third-order valence-corrected chi connectivity index (χ3v) is 11.1. The fraction of sp³-hybridized carbons (Fsp3) is 0.690. The number of nitrogens with one attached hydrogen (secondary N) is 2. The van der Waals surface area contributed by atoms with Gasteiger partial charge in [0, 0.05) is 35.4 Å². The van der Waals surface area contributed by atoms with E-state index >= 15 is 0 Å². The molecule has 4 bridgehead atoms. The average Bonchev–Trinajstić information content (AvgIpc) is 3.07. The Labute approximate surface area is 212 Å². The molecule has 7 heteroatoms. The maximum Gasteiger partial charge on any atom is 0.407 e. The van der Waals surface area contributed by atoms with E-state index in [4.69, 9.17) is 4.74 Å². The lowest BCUT2D eigenvalue weighted by Crippen LogP contribution is -2.66. The molecular formula is C29H37N3O4. The number of amides is 3. The second kappa shape index (κ2) is 7.72. The van der Waals surface area contributed by atoms with Crippen LogP contribution >= 0.6 is 0 Å². The lowest BCUT2D eigenvalue weighted by Gasteiger charge is -2.62. The number of carbonyl (C=O) groups excluding carboxylic acids is 3. The van der Waals surface area contributed by atoms with Gasteiger partial charge in [-0.05, 0) is 82.1 Å². The summed E-state index contributed by atoms with van der Waals surface area (Å²) < 4.78 is 5.49. The van der Waals surface area contributed by atoms with Crippen LogP contribution in [0.2, 0.25) is 0 Å². The number of hydrogen-bond donors (Lipinski definition) is 2. The summed E-state index contributed by atoms with van der Waals surface area (Å²) in [7, 11) is 0. The molecule has 36 heavy (non-hydrogen) atoms. The number of hydrogen-bond acceptors (Lipinski definition) is 4. The first-order valence-electron chi connectivity index (χ1n) is 13.9. The summed E-state index contributed by atoms with van der Waals surface area (Å²) in [5.74, 6) is 1.67. The lowest BCUT2D eigenvalue weighted by atomic mass is 9.44. The van der Waals surface area contributed by atoms with Crippen molar-refractivity contribution in [2.24, 2.45) is 22.7 Å². The molecule has 2 unspecified atom stereocenters. The predicted molar refractivity (Wildman–Crippen MR) is 133 cm³/mol. The maximum absolute atomic E-state index is 13.9. The maximum atomic E-state index is 13.9. The van der Waals surface area contributed by atoms with Crippen molar-refractivity contribution in [3.63, 3.8) is 0 Å². The SMILES string of the molecule is O=C(NC12CCC1CN(C(=O)C13CCC(NC(=O)C45CC(C4)C5)(CC1)CC3)C2)OCc1ccccc1. The third kappa shape index (κ3) is 3.33. The van der Waals surface area contributed by atoms with Crippen LogP contribution in [-0.2, 0) is 20.9 Å². The minimum atomic E-state index is -0.393. The fourth-order valence-electron chi connectivity index (χ4n) is 8.32. The van der Waals surface area contributed by atoms with Gasteiger partial charge in [0.05, 0.1) is 5.54 Å². The molecule has 1 aliphatic heterocycles. The van der Waals surface area contributed by atoms with E-state index in [-0.39, 0.29) is 40.3 Å². The van der Waals surface area contributed by atoms with Gasteiger partial charge in [-0.3, -0.25) is 9.59 Å². The van der Waals surface area contributed by atoms with Crippen molar-refractivity contribution in [3.8, 4) is 0 Å². The topological polar surface area (TPSA) is 87.7 Å². The highest BCUT2D eigenvalue weighted by molar-refractivity contribution is 5.87. The predicted octanol–water partition coefficient (Wildman–Crippen LogP) is 3.91. The van der Waals surface area contributed by atoms with Crippen LogP contribution in [0.15, 0.2) is 30.3 Å². The van der Waals surface area contributed by atoms with E-state index < -0.39 is 6.09 Å². The zero-order chi connectivity index (χ0) is 24.6. The van der Waals surface area contributed by atoms with Crippen molar-refractivity contribution < 1.29 is 19.1 Å². The average molecular weight is 492 g/mol. The summed E-state index contributed by atoms with van der Waals surface area (Å²) in [4.78, 5) is 41.5. The molecule has 1 aromatic rings. The molecule has 192 valence electrons. The Balaban J connectivity index is 0.953. The first kappa shape index (κ1) is 22.6. The lowest BCUT2D eigenvalue weighted by molar-refractivity contribution is -0.170. The second-order valence-corrected chi connectivity index (χ2v) is 13.0. The molecule has 0 aromatic heterocycles. The van der Waals surface area contributed by atoms with Crippen LogP contribution < -0.4 is 10.6 Å². The van der Waals surface area contributed by atoms with Crippen molar-refractivity contribution in [1.29, 1.82) is 0 Å². The van der Waals surface area contributed by atoms with Gasteiger partial charge in [-0.15, -0.1) is 0 Å². The quantitative estimate of drug-likeness (QED) is 0.632. The molecule has 7 aliphatic carbocycles. The molecule has 7 nitrogen and oxygen atoms in total. The van der Waals surface area contributed by atoms with Gasteiger partial charge >= 0.3 is 6.09 Å². The van der Waals surface area contributed by atoms with Crippen LogP contribution in [0.3, 0.4) is 0 Å². The van der Waals surface area contributed by atoms with Gasteiger partial charge in [0.2, 0.25) is 11.8 Å². The van der Waals surface area contributed by atoms with Crippen molar-refractivity contribution in [1.82, 2.24) is 15.5 Å². The standard InChI is InChI=1S/C29H37N3O4/c33-23(27-14-21(15-27)16-27)30-28-11-8-26(9-12-28,10-13-28)24(34)32-17-22-6-7-29(22,19-32)31-25(35)36-18-20-4-2-1-3-5-20/h1-5,21-22H,6-19H2,(H,30,33)(H,31,35). The third-order valence-electron chi connectivity index (χ3n) is 11.1. The molecule has 1 aromatic carbocycles. The van der Waals surface area contributed by atoms with E-state index in [1.165, 1.54) is 0 Å². The number of rotatable bonds is 6. The zero-order valence-electron chi connectivity index (χ0n) is 21.0. The molecule has 2 N–H and O–H groups in total. The van der Waals surface area contributed by atoms with Gasteiger partial charge in [0.1, 0.15) is 6.61 Å². The Hall–Kier alpha value is -2.57. The van der Waals surface area contributed by atoms with E-state index in [1.807, 2.05) is 35.2 Å². The molecule has 8 aliphatic rings. The molecule has 0 spiro atoms. The number of likely N-dealkylation sites (tertiary alicyclic amines) is 1. The highest BCUT2D eigenvalue weighted by Crippen LogP contribution is 2.65. The van der Waals surface area contributed by atoms with Crippen molar-refractivity contribution in [3.05, 3.63) is 35.9 Å². The largest absolute Gasteiger partial charge is 0.445 e. The summed E-state index contributed by atoms with van der Waals surface area (Å²) in [5, 5.41) is 6.62. The monoisotopic (exact) mass is 491 g/mol. The van der Waals surface area contributed by atoms with Crippen LogP contribution in [-0.4, -0.2) is 47.0 Å². The van der Waals surface area contributed by atoms with Gasteiger partial charge in [-0.2, -0.15) is 0 Å². The molecule has 7 saturated carbocycles. The Morgan fingerprint density at radius 3 is 2.17 bits per heavy atom. The molecule has 3 amide bonds. The molecular weight excluding hydrogens is 454 g/mol. The molecule has 2 atom stereocenters. The number of benzene rings is 1. The van der Waals surface area contributed by atoms with Crippen LogP contribution in [0, 0.1) is 22.7 Å². The number of ether oxygens (including phenoxy) is 1. The molecule has 0 radical (unpaired) electrons. The minimum Gasteiger partial charge on any atom is -0.445 e. The van der Waals surface area contributed by atoms with Gasteiger partial charge in [0.15, 0.2) is 0 Å². The zero-order valence-corrected chi connectivity index (χ0v) is 21.0. The van der Waals surface area contributed by atoms with E-state index in [0.29, 0.717) is 12.5 Å². The van der Waals surface area contributed by atoms with Crippen molar-refractivity contribution >= 4 is 17.9 Å². The summed E-state index contributed by atoms with van der Waals surface area (Å²) >= 11 is 0. The van der Waals surface area contributed by atoms with Crippen LogP contribution in [0.25, 0.3) is 0 Å². The van der Waals surface area contributed by atoms with Crippen molar-refractivity contribution in [2.75, 3.05) is 13.1 Å². The second-order valence-electron chi connectivity index (χ2n) is 13.0. The Bertz CT molecular complexity index is 1060. The Morgan fingerprint density at radius 2 is 1.58 bits per heavy atom. The van der Waals surface area contributed by atoms with Gasteiger partial charge < -0.3 is 20.3 Å². The van der Waals surface area contributed by atoms with Gasteiger partial charge in [0.25, 0.3) is 0 Å². The molecule has 9 rings (SSSR count). The van der Waals surface area contributed by atoms with E-state index in [1.54, 1.807) is 0 Å². The minimum absolute atomic E-state index is 0.0421. The fourth-order valence-corrected chi connectivity index (χ4v) is 8.32. The Morgan fingerprint density at radius 1 is 0.889 bits per heavy atom.